The summed E-state index contributed by atoms with van der Waals surface area (Å²) in [7, 11) is 0. The molecule has 0 aliphatic heterocycles. The van der Waals surface area contributed by atoms with Crippen molar-refractivity contribution in [2.45, 2.75) is 269 Å². The number of aliphatic hydroxyl groups is 4. The molecule has 0 aromatic carbocycles. The molecule has 0 saturated carbocycles. The van der Waals surface area contributed by atoms with E-state index in [-0.39, 0.29) is 0 Å². The lowest BCUT2D eigenvalue weighted by Crippen LogP contribution is -2.53. The zero-order valence-corrected chi connectivity index (χ0v) is 33.7. The van der Waals surface area contributed by atoms with Gasteiger partial charge in [0.1, 0.15) is 12.2 Å². The molecule has 0 saturated heterocycles. The van der Waals surface area contributed by atoms with Gasteiger partial charge in [0, 0.05) is 0 Å². The summed E-state index contributed by atoms with van der Waals surface area (Å²) in [5.41, 5.74) is 0. The molecule has 0 aromatic heterocycles. The van der Waals surface area contributed by atoms with Crippen LogP contribution in [0.4, 0.5) is 0 Å². The summed E-state index contributed by atoms with van der Waals surface area (Å²) in [6, 6.07) is -0.978. The van der Waals surface area contributed by atoms with Crippen molar-refractivity contribution in [2.75, 3.05) is 6.61 Å². The van der Waals surface area contributed by atoms with E-state index in [0.717, 1.165) is 38.5 Å². The van der Waals surface area contributed by atoms with Gasteiger partial charge in [0.15, 0.2) is 0 Å². The van der Waals surface area contributed by atoms with Crippen LogP contribution in [0.1, 0.15) is 245 Å². The third-order valence-corrected chi connectivity index (χ3v) is 10.8. The third kappa shape index (κ3) is 33.2. The number of hydrogen-bond donors (Lipinski definition) is 5. The maximum Gasteiger partial charge on any atom is 0.249 e. The molecule has 0 unspecified atom stereocenters. The van der Waals surface area contributed by atoms with Crippen LogP contribution in [0.5, 0.6) is 0 Å². The predicted molar refractivity (Wildman–Crippen MR) is 215 cm³/mol. The number of carbonyl (C=O) groups excluding carboxylic acids is 1. The topological polar surface area (TPSA) is 110 Å². The Bertz CT molecular complexity index is 677. The minimum Gasteiger partial charge on any atom is -0.394 e. The molecule has 6 nitrogen and oxygen atoms in total. The summed E-state index contributed by atoms with van der Waals surface area (Å²) in [6.45, 7) is 4.07. The minimum atomic E-state index is -1.25. The van der Waals surface area contributed by atoms with Gasteiger partial charge in [0.2, 0.25) is 5.91 Å². The molecular weight excluding hydrogens is 622 g/mol. The zero-order chi connectivity index (χ0) is 36.8. The van der Waals surface area contributed by atoms with Gasteiger partial charge in [0.05, 0.1) is 18.8 Å². The first-order valence-electron chi connectivity index (χ1n) is 22.4. The van der Waals surface area contributed by atoms with Crippen LogP contribution in [-0.2, 0) is 4.79 Å². The van der Waals surface area contributed by atoms with Gasteiger partial charge in [0.25, 0.3) is 0 Å². The summed E-state index contributed by atoms with van der Waals surface area (Å²) >= 11 is 0. The van der Waals surface area contributed by atoms with Gasteiger partial charge in [-0.2, -0.15) is 0 Å². The van der Waals surface area contributed by atoms with Crippen LogP contribution in [0.15, 0.2) is 0 Å². The van der Waals surface area contributed by atoms with Crippen molar-refractivity contribution in [3.63, 3.8) is 0 Å². The molecule has 50 heavy (non-hydrogen) atoms. The molecule has 0 aliphatic carbocycles. The molecule has 4 atom stereocenters. The lowest BCUT2D eigenvalue weighted by Gasteiger charge is -2.27. The molecule has 1 amide bonds. The Morgan fingerprint density at radius 2 is 0.680 bits per heavy atom. The van der Waals surface area contributed by atoms with Crippen molar-refractivity contribution in [3.8, 4) is 0 Å². The second kappa shape index (κ2) is 39.5. The number of nitrogens with one attached hydrogen (secondary N) is 1. The van der Waals surface area contributed by atoms with Crippen LogP contribution in [-0.4, -0.2) is 57.3 Å². The molecular formula is C44H89NO5. The van der Waals surface area contributed by atoms with E-state index >= 15 is 0 Å². The molecule has 0 aliphatic rings. The first-order valence-corrected chi connectivity index (χ1v) is 22.4. The first kappa shape index (κ1) is 49.3. The summed E-state index contributed by atoms with van der Waals surface area (Å²) in [5, 5.41) is 43.7. The number of aliphatic hydroxyl groups excluding tert-OH is 4. The van der Waals surface area contributed by atoms with E-state index in [1.165, 1.54) is 180 Å². The van der Waals surface area contributed by atoms with Gasteiger partial charge >= 0.3 is 0 Å². The van der Waals surface area contributed by atoms with E-state index in [4.69, 9.17) is 0 Å². The number of unbranched alkanes of at least 4 members (excludes halogenated alkanes) is 32. The van der Waals surface area contributed by atoms with Crippen molar-refractivity contribution in [1.82, 2.24) is 5.32 Å². The molecule has 0 rings (SSSR count). The number of carbonyl (C=O) groups is 1. The van der Waals surface area contributed by atoms with Gasteiger partial charge in [-0.1, -0.05) is 232 Å². The van der Waals surface area contributed by atoms with E-state index in [0.29, 0.717) is 12.8 Å². The van der Waals surface area contributed by atoms with Crippen LogP contribution in [0.3, 0.4) is 0 Å². The fourth-order valence-corrected chi connectivity index (χ4v) is 7.23. The van der Waals surface area contributed by atoms with E-state index in [2.05, 4.69) is 19.2 Å². The second-order valence-electron chi connectivity index (χ2n) is 15.8. The Balaban J connectivity index is 3.69. The van der Waals surface area contributed by atoms with Gasteiger partial charge in [-0.05, 0) is 12.8 Å². The Morgan fingerprint density at radius 1 is 0.420 bits per heavy atom. The maximum atomic E-state index is 12.5. The van der Waals surface area contributed by atoms with Gasteiger partial charge in [-0.25, -0.2) is 0 Å². The summed E-state index contributed by atoms with van der Waals surface area (Å²) in [5.74, 6) is -0.579. The molecule has 300 valence electrons. The predicted octanol–water partition coefficient (Wildman–Crippen LogP) is 11.6. The molecule has 0 spiro atoms. The van der Waals surface area contributed by atoms with E-state index in [1.807, 2.05) is 0 Å². The fraction of sp³-hybridized carbons (Fsp3) is 0.977. The Labute approximate surface area is 311 Å². The maximum absolute atomic E-state index is 12.5. The van der Waals surface area contributed by atoms with E-state index < -0.39 is 36.9 Å². The SMILES string of the molecule is CCCCCCCCCCCCCCCCCCCCC[C@@H](O)[C@@H](O)[C@H](CO)NC(=O)[C@H](O)CCCCCCCCCCCCCCCCC. The highest BCUT2D eigenvalue weighted by atomic mass is 16.3. The quantitative estimate of drug-likeness (QED) is 0.0406. The molecule has 0 bridgehead atoms. The van der Waals surface area contributed by atoms with Gasteiger partial charge in [-0.15, -0.1) is 0 Å². The van der Waals surface area contributed by atoms with Crippen molar-refractivity contribution in [3.05, 3.63) is 0 Å². The van der Waals surface area contributed by atoms with Crippen LogP contribution in [0.2, 0.25) is 0 Å². The number of hydrogen-bond acceptors (Lipinski definition) is 5. The average Bonchev–Trinajstić information content (AvgIpc) is 3.12. The fourth-order valence-electron chi connectivity index (χ4n) is 7.23. The summed E-state index contributed by atoms with van der Waals surface area (Å²) < 4.78 is 0. The second-order valence-corrected chi connectivity index (χ2v) is 15.8. The number of amides is 1. The molecule has 0 aromatic rings. The van der Waals surface area contributed by atoms with Crippen LogP contribution in [0.25, 0.3) is 0 Å². The van der Waals surface area contributed by atoms with Crippen molar-refractivity contribution in [1.29, 1.82) is 0 Å². The van der Waals surface area contributed by atoms with Crippen LogP contribution >= 0.6 is 0 Å². The first-order chi connectivity index (χ1) is 24.5. The zero-order valence-electron chi connectivity index (χ0n) is 33.7. The highest BCUT2D eigenvalue weighted by Crippen LogP contribution is 2.17. The van der Waals surface area contributed by atoms with Crippen molar-refractivity contribution >= 4 is 5.91 Å². The molecule has 0 heterocycles. The highest BCUT2D eigenvalue weighted by Gasteiger charge is 2.28. The monoisotopic (exact) mass is 712 g/mol. The van der Waals surface area contributed by atoms with Crippen LogP contribution < -0.4 is 5.32 Å². The highest BCUT2D eigenvalue weighted by molar-refractivity contribution is 5.80. The third-order valence-electron chi connectivity index (χ3n) is 10.8. The van der Waals surface area contributed by atoms with Crippen molar-refractivity contribution < 1.29 is 25.2 Å². The summed E-state index contributed by atoms with van der Waals surface area (Å²) in [6.07, 6.45) is 41.3. The average molecular weight is 712 g/mol. The molecule has 5 N–H and O–H groups in total. The Hall–Kier alpha value is -0.690. The minimum absolute atomic E-state index is 0.375. The van der Waals surface area contributed by atoms with E-state index in [1.54, 1.807) is 0 Å². The molecule has 0 fully saturated rings. The smallest absolute Gasteiger partial charge is 0.249 e. The lowest BCUT2D eigenvalue weighted by atomic mass is 9.99. The lowest BCUT2D eigenvalue weighted by molar-refractivity contribution is -0.132. The number of rotatable bonds is 41. The largest absolute Gasteiger partial charge is 0.394 e. The molecule has 0 radical (unpaired) electrons. The van der Waals surface area contributed by atoms with Crippen molar-refractivity contribution in [2.24, 2.45) is 0 Å². The standard InChI is InChI=1S/C44H89NO5/c1-3-5-7-9-11-13-15-17-19-20-21-22-24-25-27-29-31-33-35-37-41(47)43(49)40(39-46)45-44(50)42(48)38-36-34-32-30-28-26-23-18-16-14-12-10-8-6-4-2/h40-43,46-49H,3-39H2,1-2H3,(H,45,50)/t40-,41+,42+,43-/m0/s1. The normalized spacial score (nSPS) is 14.1. The Kier molecular flexibility index (Phi) is 39.0. The van der Waals surface area contributed by atoms with Crippen LogP contribution in [0, 0.1) is 0 Å². The van der Waals surface area contributed by atoms with Gasteiger partial charge in [-0.3, -0.25) is 4.79 Å². The van der Waals surface area contributed by atoms with E-state index in [9.17, 15) is 25.2 Å². The van der Waals surface area contributed by atoms with Gasteiger partial charge < -0.3 is 25.7 Å². The summed E-state index contributed by atoms with van der Waals surface area (Å²) in [4.78, 5) is 12.5. The Morgan fingerprint density at radius 3 is 0.960 bits per heavy atom. The molecule has 6 heteroatoms.